The molecule has 0 aliphatic heterocycles. The summed E-state index contributed by atoms with van der Waals surface area (Å²) in [6.07, 6.45) is 4.77. The standard InChI is InChI=1S/C38H32F2N4O4S/c1-21-7-14-27(15-8-21)49(47,48)44-20-30(29-18-26(39)19-31(40)35(29)44)37-41-32-17-25(22-5-3-2-4-6-22)13-16-28(32)36(43-37)42-34-24-11-9-23(10-12-24)33(34)38(45)46/h2-8,13-20,23-24,33-34H,9-12H2,1H3,(H,45,46)(H,41,42,43). The molecule has 3 aliphatic rings. The molecule has 9 rings (SSSR count). The number of aromatic nitrogens is 3. The molecule has 2 atom stereocenters. The van der Waals surface area contributed by atoms with Crippen LogP contribution in [-0.2, 0) is 14.8 Å². The van der Waals surface area contributed by atoms with Gasteiger partial charge in [0.1, 0.15) is 17.2 Å². The number of aliphatic carboxylic acids is 1. The van der Waals surface area contributed by atoms with Crippen LogP contribution in [-0.4, -0.2) is 39.5 Å². The summed E-state index contributed by atoms with van der Waals surface area (Å²) in [5.41, 5.74) is 2.94. The van der Waals surface area contributed by atoms with Gasteiger partial charge in [-0.05, 0) is 85.9 Å². The molecule has 2 heterocycles. The van der Waals surface area contributed by atoms with Crippen molar-refractivity contribution < 1.29 is 27.1 Å². The summed E-state index contributed by atoms with van der Waals surface area (Å²) in [6, 6.07) is 22.9. The van der Waals surface area contributed by atoms with Crippen LogP contribution in [0.1, 0.15) is 31.2 Å². The number of benzene rings is 4. The van der Waals surface area contributed by atoms with Crippen molar-refractivity contribution >= 4 is 43.6 Å². The third kappa shape index (κ3) is 5.32. The topological polar surface area (TPSA) is 114 Å². The number of anilines is 1. The van der Waals surface area contributed by atoms with Gasteiger partial charge in [0.25, 0.3) is 10.0 Å². The second-order valence-corrected chi connectivity index (χ2v) is 15.0. The smallest absolute Gasteiger partial charge is 0.308 e. The van der Waals surface area contributed by atoms with E-state index in [-0.39, 0.29) is 45.1 Å². The average molecular weight is 679 g/mol. The van der Waals surface area contributed by atoms with Crippen molar-refractivity contribution in [2.45, 2.75) is 43.5 Å². The van der Waals surface area contributed by atoms with Crippen LogP contribution in [0.4, 0.5) is 14.6 Å². The summed E-state index contributed by atoms with van der Waals surface area (Å²) in [6.45, 7) is 1.82. The minimum Gasteiger partial charge on any atom is -0.481 e. The van der Waals surface area contributed by atoms with Gasteiger partial charge < -0.3 is 10.4 Å². The normalized spacial score (nSPS) is 20.6. The van der Waals surface area contributed by atoms with Crippen LogP contribution in [0.2, 0.25) is 0 Å². The lowest BCUT2D eigenvalue weighted by Gasteiger charge is -2.47. The fraction of sp³-hybridized carbons (Fsp3) is 0.237. The quantitative estimate of drug-likeness (QED) is 0.176. The van der Waals surface area contributed by atoms with Crippen LogP contribution in [0, 0.1) is 36.3 Å². The van der Waals surface area contributed by atoms with Crippen molar-refractivity contribution in [3.63, 3.8) is 0 Å². The molecule has 49 heavy (non-hydrogen) atoms. The summed E-state index contributed by atoms with van der Waals surface area (Å²) in [7, 11) is -4.33. The zero-order valence-electron chi connectivity index (χ0n) is 26.5. The molecule has 0 amide bonds. The predicted octanol–water partition coefficient (Wildman–Crippen LogP) is 8.04. The molecule has 3 aliphatic carbocycles. The second kappa shape index (κ2) is 11.8. The van der Waals surface area contributed by atoms with Crippen LogP contribution >= 0.6 is 0 Å². The largest absolute Gasteiger partial charge is 0.481 e. The first-order chi connectivity index (χ1) is 23.6. The third-order valence-electron chi connectivity index (χ3n) is 10.2. The number of nitrogens with zero attached hydrogens (tertiary/aromatic N) is 3. The Bertz CT molecular complexity index is 2370. The second-order valence-electron chi connectivity index (χ2n) is 13.1. The van der Waals surface area contributed by atoms with Crippen molar-refractivity contribution in [3.8, 4) is 22.5 Å². The molecule has 8 nitrogen and oxygen atoms in total. The Morgan fingerprint density at radius 3 is 2.29 bits per heavy atom. The molecular weight excluding hydrogens is 647 g/mol. The Hall–Kier alpha value is -5.16. The van der Waals surface area contributed by atoms with Gasteiger partial charge in [-0.25, -0.2) is 31.1 Å². The van der Waals surface area contributed by atoms with Crippen molar-refractivity contribution in [1.29, 1.82) is 0 Å². The van der Waals surface area contributed by atoms with E-state index in [0.29, 0.717) is 22.8 Å². The molecular formula is C38H32F2N4O4S. The highest BCUT2D eigenvalue weighted by Crippen LogP contribution is 2.47. The molecule has 0 saturated heterocycles. The number of carbonyl (C=O) groups is 1. The highest BCUT2D eigenvalue weighted by molar-refractivity contribution is 7.90. The lowest BCUT2D eigenvalue weighted by Crippen LogP contribution is -2.51. The summed E-state index contributed by atoms with van der Waals surface area (Å²) in [5.74, 6) is -2.79. The minimum absolute atomic E-state index is 0.0159. The third-order valence-corrected chi connectivity index (χ3v) is 11.9. The van der Waals surface area contributed by atoms with E-state index in [4.69, 9.17) is 9.97 Å². The Balaban J connectivity index is 1.35. The van der Waals surface area contributed by atoms with Gasteiger partial charge in [-0.3, -0.25) is 4.79 Å². The number of aryl methyl sites for hydroxylation is 1. The van der Waals surface area contributed by atoms with Crippen molar-refractivity contribution in [2.24, 2.45) is 17.8 Å². The zero-order chi connectivity index (χ0) is 34.0. The van der Waals surface area contributed by atoms with Gasteiger partial charge in [0.2, 0.25) is 0 Å². The Morgan fingerprint density at radius 2 is 1.57 bits per heavy atom. The summed E-state index contributed by atoms with van der Waals surface area (Å²) >= 11 is 0. The summed E-state index contributed by atoms with van der Waals surface area (Å²) in [5, 5.41) is 14.4. The number of fused-ring (bicyclic) bond motifs is 5. The van der Waals surface area contributed by atoms with Crippen LogP contribution < -0.4 is 5.32 Å². The van der Waals surface area contributed by atoms with Gasteiger partial charge in [0, 0.05) is 34.6 Å². The van der Waals surface area contributed by atoms with Crippen LogP contribution in [0.3, 0.4) is 0 Å². The van der Waals surface area contributed by atoms with E-state index in [1.165, 1.54) is 18.3 Å². The first-order valence-electron chi connectivity index (χ1n) is 16.3. The molecule has 4 aromatic carbocycles. The molecule has 3 saturated carbocycles. The number of carboxylic acids is 1. The number of halogens is 2. The molecule has 6 aromatic rings. The molecule has 2 unspecified atom stereocenters. The first kappa shape index (κ1) is 31.1. The van der Waals surface area contributed by atoms with E-state index >= 15 is 4.39 Å². The van der Waals surface area contributed by atoms with Gasteiger partial charge in [-0.1, -0.05) is 54.1 Å². The monoisotopic (exact) mass is 678 g/mol. The van der Waals surface area contributed by atoms with E-state index in [9.17, 15) is 22.7 Å². The lowest BCUT2D eigenvalue weighted by atomic mass is 9.61. The van der Waals surface area contributed by atoms with Gasteiger partial charge in [-0.15, -0.1) is 0 Å². The Labute approximate surface area is 281 Å². The molecule has 248 valence electrons. The number of hydrogen-bond donors (Lipinski definition) is 2. The molecule has 2 bridgehead atoms. The Morgan fingerprint density at radius 1 is 0.857 bits per heavy atom. The van der Waals surface area contributed by atoms with Gasteiger partial charge in [0.15, 0.2) is 11.6 Å². The number of nitrogens with one attached hydrogen (secondary N) is 1. The number of carboxylic acid groups (broad SMARTS) is 1. The average Bonchev–Trinajstić information content (AvgIpc) is 3.49. The summed E-state index contributed by atoms with van der Waals surface area (Å²) < 4.78 is 59.2. The fourth-order valence-corrected chi connectivity index (χ4v) is 9.16. The fourth-order valence-electron chi connectivity index (χ4n) is 7.78. The molecule has 2 aromatic heterocycles. The van der Waals surface area contributed by atoms with Crippen molar-refractivity contribution in [1.82, 2.24) is 13.9 Å². The highest BCUT2D eigenvalue weighted by Gasteiger charge is 2.47. The van der Waals surface area contributed by atoms with E-state index in [0.717, 1.165) is 52.4 Å². The maximum Gasteiger partial charge on any atom is 0.308 e. The summed E-state index contributed by atoms with van der Waals surface area (Å²) in [4.78, 5) is 22.2. The predicted molar refractivity (Wildman–Crippen MR) is 184 cm³/mol. The van der Waals surface area contributed by atoms with Crippen LogP contribution in [0.25, 0.3) is 44.3 Å². The first-order valence-corrected chi connectivity index (χ1v) is 17.7. The highest BCUT2D eigenvalue weighted by atomic mass is 32.2. The van der Waals surface area contributed by atoms with Crippen molar-refractivity contribution in [3.05, 3.63) is 108 Å². The van der Waals surface area contributed by atoms with E-state index in [2.05, 4.69) is 5.32 Å². The zero-order valence-corrected chi connectivity index (χ0v) is 27.3. The van der Waals surface area contributed by atoms with E-state index in [1.54, 1.807) is 12.1 Å². The molecule has 3 fully saturated rings. The van der Waals surface area contributed by atoms with Crippen LogP contribution in [0.5, 0.6) is 0 Å². The van der Waals surface area contributed by atoms with E-state index in [1.807, 2.05) is 55.5 Å². The maximum absolute atomic E-state index is 15.6. The molecule has 0 radical (unpaired) electrons. The number of rotatable bonds is 7. The minimum atomic E-state index is -4.33. The SMILES string of the molecule is Cc1ccc(S(=O)(=O)n2cc(-c3nc(NC4C5CCC(CC5)C4C(=O)O)c4ccc(-c5ccccc5)cc4n3)c3cc(F)cc(F)c32)cc1. The van der Waals surface area contributed by atoms with Gasteiger partial charge >= 0.3 is 5.97 Å². The molecule has 2 N–H and O–H groups in total. The van der Waals surface area contributed by atoms with Gasteiger partial charge in [0.05, 0.1) is 16.3 Å². The Kier molecular flexibility index (Phi) is 7.47. The van der Waals surface area contributed by atoms with E-state index < -0.39 is 33.5 Å². The lowest BCUT2D eigenvalue weighted by molar-refractivity contribution is -0.148. The van der Waals surface area contributed by atoms with Crippen molar-refractivity contribution in [2.75, 3.05) is 5.32 Å². The van der Waals surface area contributed by atoms with Gasteiger partial charge in [-0.2, -0.15) is 0 Å². The molecule has 0 spiro atoms. The maximum atomic E-state index is 15.6. The number of hydrogen-bond acceptors (Lipinski definition) is 6. The molecule has 11 heteroatoms. The van der Waals surface area contributed by atoms with Crippen LogP contribution in [0.15, 0.2) is 96.0 Å².